The maximum Gasteiger partial charge on any atom is 2.00 e. The molecule has 0 fully saturated rings. The molecule has 136 heavy (non-hydrogen) atoms. The average molecular weight is 2000 g/mol. The molecule has 10 heterocycles. The summed E-state index contributed by atoms with van der Waals surface area (Å²) < 4.78 is 98.3. The van der Waals surface area contributed by atoms with Crippen LogP contribution in [-0.2, 0) is 90.9 Å². The fourth-order valence-electron chi connectivity index (χ4n) is 16.2. The Morgan fingerprint density at radius 2 is 0.544 bits per heavy atom. The summed E-state index contributed by atoms with van der Waals surface area (Å²) >= 11 is 0. The van der Waals surface area contributed by atoms with E-state index in [1.165, 1.54) is 24.3 Å². The zero-order valence-corrected chi connectivity index (χ0v) is 89.2. The van der Waals surface area contributed by atoms with Crippen LogP contribution in [0.3, 0.4) is 0 Å². The summed E-state index contributed by atoms with van der Waals surface area (Å²) in [6.07, 6.45) is 1.10. The minimum Gasteiger partial charge on any atom is -0.412 e. The van der Waals surface area contributed by atoms with Gasteiger partial charge in [-0.15, -0.1) is 0 Å². The summed E-state index contributed by atoms with van der Waals surface area (Å²) in [5.74, 6) is 16.3. The molecule has 0 N–H and O–H groups in total. The molecule has 0 saturated heterocycles. The first-order valence-corrected chi connectivity index (χ1v) is 56.1. The van der Waals surface area contributed by atoms with Crippen LogP contribution >= 0.6 is 0 Å². The number of hydrogen-bond acceptors (Lipinski definition) is 20. The molecule has 6 aromatic heterocycles. The molecule has 18 rings (SSSR count). The smallest absolute Gasteiger partial charge is 0.412 e. The monoisotopic (exact) mass is 1990 g/mol. The van der Waals surface area contributed by atoms with Gasteiger partial charge in [0.15, 0.2) is 46.1 Å². The average Bonchev–Trinajstić information content (AvgIpc) is 1.59. The molecule has 8 aromatic carbocycles. The molecule has 24 nitrogen and oxygen atoms in total. The molecule has 16 bridgehead atoms. The molecule has 14 aromatic rings. The predicted molar refractivity (Wildman–Crippen MR) is 538 cm³/mol. The minimum atomic E-state index is -3.81. The molecule has 1 radical (unpaired) electrons. The second-order valence-corrected chi connectivity index (χ2v) is 57.1. The molecule has 0 amide bonds. The zero-order chi connectivity index (χ0) is 95.4. The number of sulfone groups is 3. The maximum atomic E-state index is 14.0. The Morgan fingerprint density at radius 1 is 0.301 bits per heavy atom. The van der Waals surface area contributed by atoms with Crippen molar-refractivity contribution in [2.24, 2.45) is 0 Å². The maximum absolute atomic E-state index is 14.0. The molecule has 4 aliphatic rings. The zero-order valence-electron chi connectivity index (χ0n) is 80.7. The number of rotatable bonds is 15. The Hall–Kier alpha value is -11.3. The van der Waals surface area contributed by atoms with Gasteiger partial charge in [-0.1, -0.05) is 215 Å². The van der Waals surface area contributed by atoms with Gasteiger partial charge in [0.05, 0.1) is 91.8 Å². The Labute approximate surface area is 818 Å². The van der Waals surface area contributed by atoms with Gasteiger partial charge >= 0.3 is 36.3 Å². The van der Waals surface area contributed by atoms with Crippen molar-refractivity contribution in [2.45, 2.75) is 211 Å². The van der Waals surface area contributed by atoms with Crippen LogP contribution in [0.4, 0.5) is 0 Å². The molecule has 4 aliphatic heterocycles. The van der Waals surface area contributed by atoms with Gasteiger partial charge in [0.25, 0.3) is 0 Å². The van der Waals surface area contributed by atoms with Crippen LogP contribution in [0.5, 0.6) is 0 Å². The molecule has 0 aliphatic carbocycles. The third kappa shape index (κ3) is 18.6. The van der Waals surface area contributed by atoms with Crippen molar-refractivity contribution in [2.75, 3.05) is 30.5 Å². The molecule has 0 spiro atoms. The van der Waals surface area contributed by atoms with Crippen LogP contribution in [0, 0.1) is 23.7 Å². The van der Waals surface area contributed by atoms with E-state index in [0.29, 0.717) is 142 Å². The SMILES string of the molecule is CCCS(=O)(=O)c1ccc2c(c1)-c1nc-2nc2[n-]c(nc3nc(nc4[n-]c(n1)c1ccc(S(=O)(=O)CCC)cc41)-c1ccc(C#C/C(CO[Si](C)(C)C(C)(C)C)=C(/C#Cc4ccc5c(c4)-c4nc-5nc5[n-]c(nc6nc(nc7[n-]c(n4)c4ccc(C(C)(C)C)cc74)-c4ccc(C(C)(C)C)cc4-6)c4ccc(C(C)(C)C)cc54)CO[Si](C)(C)C(C)(C)C)cc1-3)c1ccc(S(=O)(=O)CCC)cc21.[Co+2].[Zn+2]. The summed E-state index contributed by atoms with van der Waals surface area (Å²) in [6, 6.07) is 44.7. The predicted octanol–water partition coefficient (Wildman–Crippen LogP) is 21.8. The minimum absolute atomic E-state index is 0. The van der Waals surface area contributed by atoms with Crippen molar-refractivity contribution in [1.82, 2.24) is 79.7 Å². The van der Waals surface area contributed by atoms with Crippen molar-refractivity contribution >= 4 is 134 Å². The number of fused-ring (bicyclic) bond motifs is 40. The third-order valence-electron chi connectivity index (χ3n) is 26.3. The normalized spacial score (nSPS) is 13.3. The molecule has 691 valence electrons. The Balaban J connectivity index is 0.00000671. The van der Waals surface area contributed by atoms with Gasteiger partial charge in [0, 0.05) is 112 Å². The fourth-order valence-corrected chi connectivity index (χ4v) is 22.1. The fraction of sp³-hybridized carbons (Fsp3) is 0.333. The van der Waals surface area contributed by atoms with Crippen molar-refractivity contribution in [3.8, 4) is 115 Å². The van der Waals surface area contributed by atoms with Gasteiger partial charge in [-0.2, -0.15) is 0 Å². The van der Waals surface area contributed by atoms with E-state index in [0.717, 1.165) is 49.4 Å². The molecular formula is C105H106CoN16O8S3Si2Zn. The number of hydrogen-bond donors (Lipinski definition) is 0. The Bertz CT molecular complexity index is 8250. The van der Waals surface area contributed by atoms with Crippen LogP contribution in [0.1, 0.15) is 172 Å². The summed E-state index contributed by atoms with van der Waals surface area (Å²) in [5, 5.41) is 4.29. The number of benzene rings is 8. The first kappa shape index (κ1) is 97.7. The number of nitrogens with zero attached hydrogens (tertiary/aromatic N) is 16. The van der Waals surface area contributed by atoms with Gasteiger partial charge in [-0.25, -0.2) is 45.2 Å². The van der Waals surface area contributed by atoms with E-state index in [-0.39, 0.29) is 154 Å². The summed E-state index contributed by atoms with van der Waals surface area (Å²) in [6.45, 7) is 47.3. The topological polar surface area (TPSA) is 332 Å². The molecule has 31 heteroatoms. The quantitative estimate of drug-likeness (QED) is 0.0679. The standard InChI is InChI=1S/C105H106N16O8S3Si2.Co.Zn/c1-23-46-130(122,123)66-35-43-74-82(54-66)99-117-90(74)109-94-78-50-60(29-39-70(78)86(107-94)116-98-83-55-67(131(124,125)47-24-2)36-44-75(83)91(118-98)120-100-84-56-68(132(126,127)48-25-3)37-45-76(84)92(119-99)121-100)27-31-62(58-129-134(21,22)105(16,17)18)61(57-128-133(19,20)104(13,14)15)30-26-59-28-38-69-77(49-59)93-106-85(69)110-95-80-52-64(102(7,8)9)33-41-72(80)88(112-95)114-97-81-53-65(103(10,11)12)34-42-73(81)89(115-97)113-96-79-51-63(101(4,5)6)32-40-71(79)87(108-93)111-96;;/h28-29,32-45,49-56H,23-25,46-48,57-58H2,1-22H3;;/q-4;2*+2/b62-61+;;. The first-order chi connectivity index (χ1) is 63.0. The van der Waals surface area contributed by atoms with Gasteiger partial charge in [0.1, 0.15) is 0 Å². The van der Waals surface area contributed by atoms with E-state index in [1.54, 1.807) is 51.1 Å². The molecule has 0 atom stereocenters. The van der Waals surface area contributed by atoms with Crippen LogP contribution in [0.15, 0.2) is 171 Å². The van der Waals surface area contributed by atoms with Crippen molar-refractivity contribution in [1.29, 1.82) is 0 Å². The van der Waals surface area contributed by atoms with Gasteiger partial charge in [-0.3, -0.25) is 0 Å². The second kappa shape index (κ2) is 35.6. The van der Waals surface area contributed by atoms with Crippen LogP contribution in [0.25, 0.3) is 179 Å². The first-order valence-electron chi connectivity index (χ1n) is 45.4. The summed E-state index contributed by atoms with van der Waals surface area (Å²) in [5.41, 5.74) is 11.9. The van der Waals surface area contributed by atoms with E-state index < -0.39 is 46.1 Å². The van der Waals surface area contributed by atoms with Crippen molar-refractivity contribution in [3.63, 3.8) is 0 Å². The van der Waals surface area contributed by atoms with E-state index >= 15 is 0 Å². The Morgan fingerprint density at radius 3 is 0.853 bits per heavy atom. The molecule has 0 unspecified atom stereocenters. The Kier molecular flexibility index (Phi) is 25.6. The van der Waals surface area contributed by atoms with Crippen LogP contribution in [0.2, 0.25) is 36.3 Å². The van der Waals surface area contributed by atoms with Gasteiger partial charge in [0.2, 0.25) is 0 Å². The molecular weight excluding hydrogens is 1890 g/mol. The number of aromatic nitrogens is 16. The largest absolute Gasteiger partial charge is 2.00 e. The summed E-state index contributed by atoms with van der Waals surface area (Å²) in [7, 11) is -16.5. The van der Waals surface area contributed by atoms with E-state index in [1.807, 2.05) is 36.4 Å². The molecule has 0 saturated carbocycles. The van der Waals surface area contributed by atoms with Crippen molar-refractivity contribution in [3.05, 3.63) is 185 Å². The second-order valence-electron chi connectivity index (χ2n) is 41.2. The van der Waals surface area contributed by atoms with Gasteiger partial charge in [-0.05, 0) is 210 Å². The van der Waals surface area contributed by atoms with E-state index in [4.69, 9.17) is 88.6 Å². The van der Waals surface area contributed by atoms with Gasteiger partial charge < -0.3 is 68.7 Å². The van der Waals surface area contributed by atoms with E-state index in [2.05, 4.69) is 208 Å². The van der Waals surface area contributed by atoms with Crippen LogP contribution in [-0.4, -0.2) is 132 Å². The summed E-state index contributed by atoms with van der Waals surface area (Å²) in [4.78, 5) is 84.1. The van der Waals surface area contributed by atoms with E-state index in [9.17, 15) is 25.3 Å². The third-order valence-corrected chi connectivity index (χ3v) is 41.0. The van der Waals surface area contributed by atoms with Crippen molar-refractivity contribution < 1.29 is 70.4 Å². The van der Waals surface area contributed by atoms with Crippen LogP contribution < -0.4 is 19.9 Å².